The van der Waals surface area contributed by atoms with E-state index in [1.54, 1.807) is 12.4 Å². The Balaban J connectivity index is 1.78. The second-order valence-electron chi connectivity index (χ2n) is 7.96. The lowest BCUT2D eigenvalue weighted by molar-refractivity contribution is 0.308. The average molecular weight is 447 g/mol. The lowest BCUT2D eigenvalue weighted by Gasteiger charge is -2.24. The van der Waals surface area contributed by atoms with Gasteiger partial charge in [-0.15, -0.1) is 0 Å². The molecule has 3 N–H and O–H groups in total. The third-order valence-corrected chi connectivity index (χ3v) is 5.08. The van der Waals surface area contributed by atoms with Crippen molar-refractivity contribution in [2.24, 2.45) is 5.10 Å². The molecule has 174 valence electrons. The maximum atomic E-state index is 6.04. The molecule has 3 aromatic rings. The first-order chi connectivity index (χ1) is 16.1. The number of ether oxygens (including phenoxy) is 1. The van der Waals surface area contributed by atoms with E-state index in [0.29, 0.717) is 18.2 Å². The minimum absolute atomic E-state index is 0.504. The summed E-state index contributed by atoms with van der Waals surface area (Å²) in [7, 11) is 0. The van der Waals surface area contributed by atoms with Crippen molar-refractivity contribution in [2.45, 2.75) is 40.0 Å². The van der Waals surface area contributed by atoms with Gasteiger partial charge in [-0.1, -0.05) is 26.0 Å². The van der Waals surface area contributed by atoms with E-state index in [9.17, 15) is 0 Å². The number of hydrazone groups is 1. The lowest BCUT2D eigenvalue weighted by Crippen LogP contribution is -2.25. The molecule has 7 nitrogen and oxygen atoms in total. The van der Waals surface area contributed by atoms with Crippen LogP contribution in [0.3, 0.4) is 0 Å². The molecular weight excluding hydrogens is 412 g/mol. The molecule has 0 unspecified atom stereocenters. The van der Waals surface area contributed by atoms with Gasteiger partial charge in [-0.2, -0.15) is 5.10 Å². The molecule has 0 atom stereocenters. The van der Waals surface area contributed by atoms with Crippen LogP contribution in [0.4, 0.5) is 17.1 Å². The number of anilines is 3. The van der Waals surface area contributed by atoms with E-state index in [2.05, 4.69) is 39.2 Å². The Morgan fingerprint density at radius 1 is 1.09 bits per heavy atom. The minimum Gasteiger partial charge on any atom is -0.477 e. The van der Waals surface area contributed by atoms with Gasteiger partial charge < -0.3 is 15.4 Å². The van der Waals surface area contributed by atoms with Gasteiger partial charge in [0.15, 0.2) is 0 Å². The predicted molar refractivity (Wildman–Crippen MR) is 137 cm³/mol. The van der Waals surface area contributed by atoms with Gasteiger partial charge in [0, 0.05) is 43.2 Å². The Morgan fingerprint density at radius 3 is 2.64 bits per heavy atom. The van der Waals surface area contributed by atoms with Crippen molar-refractivity contribution in [3.8, 4) is 5.88 Å². The Bertz CT molecular complexity index is 1030. The highest BCUT2D eigenvalue weighted by molar-refractivity contribution is 5.80. The fraction of sp³-hybridized carbons (Fsp3) is 0.346. The van der Waals surface area contributed by atoms with Crippen LogP contribution in [0.25, 0.3) is 0 Å². The fourth-order valence-corrected chi connectivity index (χ4v) is 3.49. The highest BCUT2D eigenvalue weighted by Gasteiger charge is 2.10. The summed E-state index contributed by atoms with van der Waals surface area (Å²) in [6.07, 6.45) is 6.35. The molecule has 2 heterocycles. The molecule has 0 saturated heterocycles. The van der Waals surface area contributed by atoms with Gasteiger partial charge in [0.05, 0.1) is 29.9 Å². The summed E-state index contributed by atoms with van der Waals surface area (Å²) < 4.78 is 6.02. The van der Waals surface area contributed by atoms with Gasteiger partial charge in [0.1, 0.15) is 0 Å². The molecule has 0 aliphatic carbocycles. The minimum atomic E-state index is 0.504. The van der Waals surface area contributed by atoms with Gasteiger partial charge in [-0.05, 0) is 55.7 Å². The SMILES string of the molecule is CCCN(CCC)c1cc(/C=N/Nc2cc(C)ccc2N)nc(OCCc2ccccn2)c1. The van der Waals surface area contributed by atoms with Crippen LogP contribution in [0.2, 0.25) is 0 Å². The van der Waals surface area contributed by atoms with Gasteiger partial charge in [-0.3, -0.25) is 10.4 Å². The fourth-order valence-electron chi connectivity index (χ4n) is 3.49. The predicted octanol–water partition coefficient (Wildman–Crippen LogP) is 5.06. The molecular formula is C26H34N6O. The zero-order valence-electron chi connectivity index (χ0n) is 19.8. The number of benzene rings is 1. The van der Waals surface area contributed by atoms with Crippen LogP contribution in [-0.4, -0.2) is 35.9 Å². The molecule has 0 fully saturated rings. The number of hydrogen-bond donors (Lipinski definition) is 2. The Hall–Kier alpha value is -3.61. The van der Waals surface area contributed by atoms with Crippen molar-refractivity contribution in [1.82, 2.24) is 9.97 Å². The van der Waals surface area contributed by atoms with Gasteiger partial charge in [0.2, 0.25) is 5.88 Å². The van der Waals surface area contributed by atoms with Crippen molar-refractivity contribution < 1.29 is 4.74 Å². The maximum Gasteiger partial charge on any atom is 0.215 e. The van der Waals surface area contributed by atoms with Crippen molar-refractivity contribution in [3.63, 3.8) is 0 Å². The zero-order valence-corrected chi connectivity index (χ0v) is 19.8. The molecule has 1 aromatic carbocycles. The summed E-state index contributed by atoms with van der Waals surface area (Å²) >= 11 is 0. The normalized spacial score (nSPS) is 11.0. The second kappa shape index (κ2) is 12.4. The Kier molecular flexibility index (Phi) is 9.06. The summed E-state index contributed by atoms with van der Waals surface area (Å²) in [5, 5.41) is 4.37. The molecule has 33 heavy (non-hydrogen) atoms. The number of aryl methyl sites for hydroxylation is 1. The maximum absolute atomic E-state index is 6.04. The number of nitrogens with zero attached hydrogens (tertiary/aromatic N) is 4. The molecule has 0 amide bonds. The number of nitrogens with one attached hydrogen (secondary N) is 1. The summed E-state index contributed by atoms with van der Waals surface area (Å²) in [4.78, 5) is 11.4. The molecule has 7 heteroatoms. The topological polar surface area (TPSA) is 88.7 Å². The molecule has 2 aromatic heterocycles. The summed E-state index contributed by atoms with van der Waals surface area (Å²) in [6, 6.07) is 15.7. The Labute approximate surface area is 196 Å². The van der Waals surface area contributed by atoms with Gasteiger partial charge >= 0.3 is 0 Å². The summed E-state index contributed by atoms with van der Waals surface area (Å²) in [5.74, 6) is 0.581. The number of aromatic nitrogens is 2. The number of pyridine rings is 2. The van der Waals surface area contributed by atoms with Crippen molar-refractivity contribution in [1.29, 1.82) is 0 Å². The quantitative estimate of drug-likeness (QED) is 0.230. The highest BCUT2D eigenvalue weighted by Crippen LogP contribution is 2.23. The van der Waals surface area contributed by atoms with Crippen LogP contribution in [0, 0.1) is 6.92 Å². The van der Waals surface area contributed by atoms with E-state index in [0.717, 1.165) is 60.7 Å². The van der Waals surface area contributed by atoms with E-state index in [1.807, 2.05) is 55.5 Å². The third kappa shape index (κ3) is 7.49. The van der Waals surface area contributed by atoms with Crippen molar-refractivity contribution >= 4 is 23.3 Å². The third-order valence-electron chi connectivity index (χ3n) is 5.08. The van der Waals surface area contributed by atoms with Crippen molar-refractivity contribution in [2.75, 3.05) is 35.8 Å². The van der Waals surface area contributed by atoms with Crippen LogP contribution < -0.4 is 20.8 Å². The number of rotatable bonds is 12. The number of nitrogen functional groups attached to an aromatic ring is 1. The largest absolute Gasteiger partial charge is 0.477 e. The lowest BCUT2D eigenvalue weighted by atomic mass is 10.2. The first-order valence-corrected chi connectivity index (χ1v) is 11.5. The van der Waals surface area contributed by atoms with E-state index in [-0.39, 0.29) is 0 Å². The summed E-state index contributed by atoms with van der Waals surface area (Å²) in [5.41, 5.74) is 14.4. The van der Waals surface area contributed by atoms with Gasteiger partial charge in [-0.25, -0.2) is 4.98 Å². The first kappa shape index (κ1) is 24.0. The first-order valence-electron chi connectivity index (χ1n) is 11.5. The Morgan fingerprint density at radius 2 is 1.91 bits per heavy atom. The van der Waals surface area contributed by atoms with Crippen LogP contribution in [0.1, 0.15) is 43.6 Å². The van der Waals surface area contributed by atoms with Crippen molar-refractivity contribution in [3.05, 3.63) is 71.7 Å². The van der Waals surface area contributed by atoms with Crippen LogP contribution in [0.15, 0.2) is 59.8 Å². The zero-order chi connectivity index (χ0) is 23.5. The number of hydrogen-bond acceptors (Lipinski definition) is 7. The molecule has 0 aliphatic heterocycles. The van der Waals surface area contributed by atoms with Crippen LogP contribution in [0.5, 0.6) is 5.88 Å². The average Bonchev–Trinajstić information content (AvgIpc) is 2.82. The smallest absolute Gasteiger partial charge is 0.215 e. The van der Waals surface area contributed by atoms with E-state index in [4.69, 9.17) is 10.5 Å². The van der Waals surface area contributed by atoms with Gasteiger partial charge in [0.25, 0.3) is 0 Å². The number of nitrogens with two attached hydrogens (primary N) is 1. The molecule has 0 radical (unpaired) electrons. The van der Waals surface area contributed by atoms with Crippen LogP contribution in [-0.2, 0) is 6.42 Å². The molecule has 0 aliphatic rings. The standard InChI is InChI=1S/C26H34N6O/c1-4-13-32(14-5-2)23-17-22(19-29-31-25-16-20(3)9-10-24(25)27)30-26(18-23)33-15-11-21-8-6-7-12-28-21/h6-10,12,16-19,31H,4-5,11,13-15,27H2,1-3H3/b29-19+. The van der Waals surface area contributed by atoms with E-state index >= 15 is 0 Å². The second-order valence-corrected chi connectivity index (χ2v) is 7.96. The van der Waals surface area contributed by atoms with E-state index < -0.39 is 0 Å². The van der Waals surface area contributed by atoms with Crippen LogP contribution >= 0.6 is 0 Å². The van der Waals surface area contributed by atoms with E-state index in [1.165, 1.54) is 0 Å². The summed E-state index contributed by atoms with van der Waals surface area (Å²) in [6.45, 7) is 8.84. The molecule has 0 spiro atoms. The molecule has 0 bridgehead atoms. The molecule has 3 rings (SSSR count). The highest BCUT2D eigenvalue weighted by atomic mass is 16.5. The monoisotopic (exact) mass is 446 g/mol. The molecule has 0 saturated carbocycles.